The minimum absolute atomic E-state index is 0.0419. The first-order valence-electron chi connectivity index (χ1n) is 6.09. The van der Waals surface area contributed by atoms with Crippen LogP contribution in [-0.4, -0.2) is 21.9 Å². The number of anilines is 1. The molecule has 0 aliphatic heterocycles. The van der Waals surface area contributed by atoms with Gasteiger partial charge in [0, 0.05) is 11.5 Å². The van der Waals surface area contributed by atoms with Crippen molar-refractivity contribution in [2.75, 3.05) is 12.4 Å². The number of rotatable bonds is 5. The normalized spacial score (nSPS) is 10.2. The highest BCUT2D eigenvalue weighted by atomic mass is 79.9. The number of halogens is 1. The fourth-order valence-electron chi connectivity index (χ4n) is 1.70. The van der Waals surface area contributed by atoms with Crippen LogP contribution in [0.5, 0.6) is 5.88 Å². The summed E-state index contributed by atoms with van der Waals surface area (Å²) in [7, 11) is 1.64. The van der Waals surface area contributed by atoms with Crippen LogP contribution < -0.4 is 10.1 Å². The summed E-state index contributed by atoms with van der Waals surface area (Å²) in [4.78, 5) is 18.6. The molecule has 2 aromatic rings. The van der Waals surface area contributed by atoms with E-state index in [0.717, 1.165) is 10.0 Å². The predicted molar refractivity (Wildman–Crippen MR) is 81.4 cm³/mol. The molecule has 7 nitrogen and oxygen atoms in total. The van der Waals surface area contributed by atoms with Crippen LogP contribution in [0.15, 0.2) is 28.7 Å². The third-order valence-electron chi connectivity index (χ3n) is 2.72. The fourth-order valence-corrected chi connectivity index (χ4v) is 1.96. The van der Waals surface area contributed by atoms with Gasteiger partial charge in [-0.25, -0.2) is 4.98 Å². The number of nitrogens with one attached hydrogen (secondary N) is 1. The number of nitrogens with zero attached hydrogens (tertiary/aromatic N) is 3. The first-order valence-corrected chi connectivity index (χ1v) is 6.88. The second kappa shape index (κ2) is 6.49. The number of hydrogen-bond donors (Lipinski definition) is 1. The molecule has 2 rings (SSSR count). The van der Waals surface area contributed by atoms with Crippen LogP contribution in [0.2, 0.25) is 0 Å². The Morgan fingerprint density at radius 2 is 2.00 bits per heavy atom. The third-order valence-corrected chi connectivity index (χ3v) is 3.25. The summed E-state index contributed by atoms with van der Waals surface area (Å²) in [5, 5.41) is 13.9. The van der Waals surface area contributed by atoms with Gasteiger partial charge in [-0.1, -0.05) is 28.1 Å². The van der Waals surface area contributed by atoms with Crippen molar-refractivity contribution in [2.24, 2.45) is 0 Å². The molecule has 0 amide bonds. The summed E-state index contributed by atoms with van der Waals surface area (Å²) in [5.41, 5.74) is 0.922. The minimum atomic E-state index is -0.536. The number of ether oxygens (including phenoxy) is 1. The van der Waals surface area contributed by atoms with Gasteiger partial charge in [0.05, 0.1) is 4.92 Å². The van der Waals surface area contributed by atoms with Gasteiger partial charge in [-0.15, -0.1) is 0 Å². The zero-order chi connectivity index (χ0) is 15.4. The number of hydrogen-bond acceptors (Lipinski definition) is 6. The SMILES string of the molecule is CNc1nc(C)c([N+](=O)[O-])c(OCc2ccc(Br)cc2)n1. The van der Waals surface area contributed by atoms with Crippen LogP contribution in [0.4, 0.5) is 11.6 Å². The topological polar surface area (TPSA) is 90.2 Å². The number of benzene rings is 1. The lowest BCUT2D eigenvalue weighted by molar-refractivity contribution is -0.387. The van der Waals surface area contributed by atoms with Crippen LogP contribution in [0.3, 0.4) is 0 Å². The Balaban J connectivity index is 2.27. The van der Waals surface area contributed by atoms with Crippen molar-refractivity contribution in [1.82, 2.24) is 9.97 Å². The molecule has 0 saturated carbocycles. The first kappa shape index (κ1) is 15.2. The Hall–Kier alpha value is -2.22. The van der Waals surface area contributed by atoms with Crippen LogP contribution in [0.1, 0.15) is 11.3 Å². The molecule has 0 unspecified atom stereocenters. The summed E-state index contributed by atoms with van der Waals surface area (Å²) in [6.45, 7) is 1.74. The lowest BCUT2D eigenvalue weighted by atomic mass is 10.2. The van der Waals surface area contributed by atoms with Crippen molar-refractivity contribution in [2.45, 2.75) is 13.5 Å². The summed E-state index contributed by atoms with van der Waals surface area (Å²) >= 11 is 3.34. The summed E-state index contributed by atoms with van der Waals surface area (Å²) in [6, 6.07) is 7.47. The average molecular weight is 353 g/mol. The van der Waals surface area contributed by atoms with E-state index in [-0.39, 0.29) is 29.8 Å². The summed E-state index contributed by atoms with van der Waals surface area (Å²) in [5.74, 6) is 0.240. The Morgan fingerprint density at radius 3 is 2.57 bits per heavy atom. The Morgan fingerprint density at radius 1 is 1.33 bits per heavy atom. The van der Waals surface area contributed by atoms with Crippen LogP contribution in [0.25, 0.3) is 0 Å². The van der Waals surface area contributed by atoms with Gasteiger partial charge in [0.15, 0.2) is 0 Å². The Labute approximate surface area is 129 Å². The smallest absolute Gasteiger partial charge is 0.352 e. The highest BCUT2D eigenvalue weighted by Gasteiger charge is 2.23. The molecule has 0 saturated heterocycles. The van der Waals surface area contributed by atoms with Gasteiger partial charge in [0.25, 0.3) is 5.88 Å². The summed E-state index contributed by atoms with van der Waals surface area (Å²) < 4.78 is 6.45. The maximum absolute atomic E-state index is 11.1. The molecule has 1 heterocycles. The minimum Gasteiger partial charge on any atom is -0.468 e. The second-order valence-corrected chi connectivity index (χ2v) is 5.12. The van der Waals surface area contributed by atoms with E-state index < -0.39 is 4.92 Å². The molecule has 0 atom stereocenters. The van der Waals surface area contributed by atoms with Crippen molar-refractivity contribution < 1.29 is 9.66 Å². The highest BCUT2D eigenvalue weighted by molar-refractivity contribution is 9.10. The van der Waals surface area contributed by atoms with Crippen molar-refractivity contribution in [3.63, 3.8) is 0 Å². The van der Waals surface area contributed by atoms with Gasteiger partial charge >= 0.3 is 5.69 Å². The number of nitro groups is 1. The van der Waals surface area contributed by atoms with Crippen LogP contribution in [0, 0.1) is 17.0 Å². The predicted octanol–water partition coefficient (Wildman–Crippen LogP) is 3.08. The van der Waals surface area contributed by atoms with Gasteiger partial charge in [0.1, 0.15) is 12.3 Å². The van der Waals surface area contributed by atoms with Crippen molar-refractivity contribution in [3.05, 3.63) is 50.1 Å². The molecule has 1 aromatic carbocycles. The molecule has 0 radical (unpaired) electrons. The lowest BCUT2D eigenvalue weighted by Crippen LogP contribution is -2.07. The van der Waals surface area contributed by atoms with Crippen molar-refractivity contribution in [3.8, 4) is 5.88 Å². The first-order chi connectivity index (χ1) is 10.0. The molecule has 0 aliphatic carbocycles. The summed E-state index contributed by atoms with van der Waals surface area (Å²) in [6.07, 6.45) is 0. The van der Waals surface area contributed by atoms with E-state index in [1.807, 2.05) is 24.3 Å². The van der Waals surface area contributed by atoms with Gasteiger partial charge < -0.3 is 10.1 Å². The largest absolute Gasteiger partial charge is 0.468 e. The molecule has 1 N–H and O–H groups in total. The quantitative estimate of drug-likeness (QED) is 0.656. The Kier molecular flexibility index (Phi) is 4.69. The zero-order valence-electron chi connectivity index (χ0n) is 11.5. The van der Waals surface area contributed by atoms with Crippen LogP contribution >= 0.6 is 15.9 Å². The van der Waals surface area contributed by atoms with E-state index in [0.29, 0.717) is 0 Å². The lowest BCUT2D eigenvalue weighted by Gasteiger charge is -2.09. The molecule has 0 spiro atoms. The molecule has 1 aromatic heterocycles. The van der Waals surface area contributed by atoms with Crippen molar-refractivity contribution >= 4 is 27.6 Å². The highest BCUT2D eigenvalue weighted by Crippen LogP contribution is 2.29. The van der Waals surface area contributed by atoms with Gasteiger partial charge in [0.2, 0.25) is 5.95 Å². The molecular weight excluding hydrogens is 340 g/mol. The van der Waals surface area contributed by atoms with E-state index in [1.54, 1.807) is 14.0 Å². The molecule has 0 aliphatic rings. The molecular formula is C13H13BrN4O3. The van der Waals surface area contributed by atoms with E-state index >= 15 is 0 Å². The van der Waals surface area contributed by atoms with Gasteiger partial charge in [-0.3, -0.25) is 10.1 Å². The fraction of sp³-hybridized carbons (Fsp3) is 0.231. The zero-order valence-corrected chi connectivity index (χ0v) is 13.0. The van der Waals surface area contributed by atoms with Gasteiger partial charge in [-0.05, 0) is 24.6 Å². The molecule has 8 heteroatoms. The molecule has 0 bridgehead atoms. The molecule has 21 heavy (non-hydrogen) atoms. The number of aryl methyl sites for hydroxylation is 1. The van der Waals surface area contributed by atoms with E-state index in [2.05, 4.69) is 31.2 Å². The van der Waals surface area contributed by atoms with E-state index in [1.165, 1.54) is 0 Å². The average Bonchev–Trinajstić information content (AvgIpc) is 2.45. The van der Waals surface area contributed by atoms with Crippen molar-refractivity contribution in [1.29, 1.82) is 0 Å². The van der Waals surface area contributed by atoms with Gasteiger partial charge in [-0.2, -0.15) is 4.98 Å². The molecule has 0 fully saturated rings. The Bertz CT molecular complexity index is 661. The maximum atomic E-state index is 11.1. The van der Waals surface area contributed by atoms with E-state index in [9.17, 15) is 10.1 Å². The second-order valence-electron chi connectivity index (χ2n) is 4.21. The third kappa shape index (κ3) is 3.66. The maximum Gasteiger partial charge on any atom is 0.352 e. The molecule has 110 valence electrons. The standard InChI is InChI=1S/C13H13BrN4O3/c1-8-11(18(19)20)12(17-13(15-2)16-8)21-7-9-3-5-10(14)6-4-9/h3-6H,7H2,1-2H3,(H,15,16,17). The number of aromatic nitrogens is 2. The monoisotopic (exact) mass is 352 g/mol. The van der Waals surface area contributed by atoms with E-state index in [4.69, 9.17) is 4.74 Å². The van der Waals surface area contributed by atoms with Crippen LogP contribution in [-0.2, 0) is 6.61 Å².